The van der Waals surface area contributed by atoms with Crippen molar-refractivity contribution in [1.29, 1.82) is 0 Å². The Labute approximate surface area is 81.2 Å². The van der Waals surface area contributed by atoms with Crippen molar-refractivity contribution in [2.24, 2.45) is 5.92 Å². The van der Waals surface area contributed by atoms with E-state index in [1.165, 1.54) is 19.3 Å². The van der Waals surface area contributed by atoms with E-state index in [1.807, 2.05) is 0 Å². The van der Waals surface area contributed by atoms with Crippen molar-refractivity contribution in [3.8, 4) is 0 Å². The second kappa shape index (κ2) is 5.95. The number of rotatable bonds is 5. The zero-order chi connectivity index (χ0) is 9.52. The van der Waals surface area contributed by atoms with Crippen molar-refractivity contribution in [3.63, 3.8) is 0 Å². The van der Waals surface area contributed by atoms with Crippen LogP contribution in [0.5, 0.6) is 0 Å². The molecule has 1 saturated carbocycles. The third-order valence-corrected chi connectivity index (χ3v) is 2.69. The van der Waals surface area contributed by atoms with Crippen molar-refractivity contribution in [2.45, 2.75) is 51.9 Å². The van der Waals surface area contributed by atoms with E-state index in [0.717, 1.165) is 25.7 Å². The molecule has 1 rings (SSSR count). The number of hydrogen-bond donors (Lipinski definition) is 0. The van der Waals surface area contributed by atoms with E-state index >= 15 is 0 Å². The van der Waals surface area contributed by atoms with Gasteiger partial charge in [-0.2, -0.15) is 0 Å². The molecule has 1 atom stereocenters. The Balaban J connectivity index is 2.12. The summed E-state index contributed by atoms with van der Waals surface area (Å²) in [5.41, 5.74) is 0. The highest BCUT2D eigenvalue weighted by atomic mass is 16.1. The van der Waals surface area contributed by atoms with E-state index in [9.17, 15) is 4.79 Å². The van der Waals surface area contributed by atoms with Gasteiger partial charge < -0.3 is 0 Å². The average molecular weight is 180 g/mol. The molecule has 1 nitrogen and oxygen atoms in total. The minimum absolute atomic E-state index is 0.265. The predicted molar refractivity (Wildman–Crippen MR) is 55.6 cm³/mol. The van der Waals surface area contributed by atoms with Crippen LogP contribution in [-0.2, 0) is 4.79 Å². The molecule has 1 aliphatic rings. The van der Waals surface area contributed by atoms with Crippen molar-refractivity contribution >= 4 is 5.78 Å². The molecule has 1 heteroatoms. The molecule has 0 radical (unpaired) electrons. The monoisotopic (exact) mass is 180 g/mol. The molecule has 74 valence electrons. The fraction of sp³-hybridized carbons (Fsp3) is 0.750. The minimum Gasteiger partial charge on any atom is -0.299 e. The van der Waals surface area contributed by atoms with Crippen LogP contribution in [-0.4, -0.2) is 5.78 Å². The van der Waals surface area contributed by atoms with Crippen LogP contribution in [0.15, 0.2) is 12.2 Å². The van der Waals surface area contributed by atoms with Gasteiger partial charge in [-0.25, -0.2) is 0 Å². The molecular formula is C12H20O. The molecule has 0 aliphatic heterocycles. The third kappa shape index (κ3) is 3.75. The van der Waals surface area contributed by atoms with Gasteiger partial charge in [0.1, 0.15) is 5.78 Å². The van der Waals surface area contributed by atoms with E-state index in [-0.39, 0.29) is 5.92 Å². The highest BCUT2D eigenvalue weighted by Gasteiger charge is 2.20. The number of Topliss-reactive ketones (excluding diaryl/α,β-unsaturated/α-hetero) is 1. The summed E-state index contributed by atoms with van der Waals surface area (Å²) in [6.07, 6.45) is 12.3. The predicted octanol–water partition coefficient (Wildman–Crippen LogP) is 3.49. The van der Waals surface area contributed by atoms with Gasteiger partial charge in [0.15, 0.2) is 0 Å². The topological polar surface area (TPSA) is 17.1 Å². The van der Waals surface area contributed by atoms with Gasteiger partial charge in [0.05, 0.1) is 0 Å². The summed E-state index contributed by atoms with van der Waals surface area (Å²) in [6, 6.07) is 0. The number of carbonyl (C=O) groups is 1. The largest absolute Gasteiger partial charge is 0.299 e. The highest BCUT2D eigenvalue weighted by Crippen LogP contribution is 2.22. The van der Waals surface area contributed by atoms with Gasteiger partial charge in [0.2, 0.25) is 0 Å². The number of hydrogen-bond acceptors (Lipinski definition) is 1. The quantitative estimate of drug-likeness (QED) is 0.467. The maximum Gasteiger partial charge on any atom is 0.139 e. The van der Waals surface area contributed by atoms with E-state index in [1.54, 1.807) is 0 Å². The van der Waals surface area contributed by atoms with Crippen molar-refractivity contribution in [2.75, 3.05) is 0 Å². The lowest BCUT2D eigenvalue weighted by Crippen LogP contribution is -2.01. The molecule has 1 unspecified atom stereocenters. The zero-order valence-electron chi connectivity index (χ0n) is 8.59. The first kappa shape index (κ1) is 10.5. The van der Waals surface area contributed by atoms with Gasteiger partial charge in [-0.1, -0.05) is 31.9 Å². The summed E-state index contributed by atoms with van der Waals surface area (Å²) >= 11 is 0. The Morgan fingerprint density at radius 1 is 1.46 bits per heavy atom. The Kier molecular flexibility index (Phi) is 4.81. The zero-order valence-corrected chi connectivity index (χ0v) is 8.59. The molecule has 0 bridgehead atoms. The van der Waals surface area contributed by atoms with Gasteiger partial charge in [0, 0.05) is 12.3 Å². The SMILES string of the molecule is CCCCC/C=C/C1CCCC1=O. The Morgan fingerprint density at radius 3 is 2.92 bits per heavy atom. The molecule has 0 aromatic heterocycles. The molecule has 0 aromatic carbocycles. The van der Waals surface area contributed by atoms with Crippen LogP contribution in [0.3, 0.4) is 0 Å². The second-order valence-corrected chi connectivity index (χ2v) is 3.89. The lowest BCUT2D eigenvalue weighted by atomic mass is 10.1. The first-order valence-electron chi connectivity index (χ1n) is 5.54. The van der Waals surface area contributed by atoms with Gasteiger partial charge in [-0.05, 0) is 25.7 Å². The molecule has 13 heavy (non-hydrogen) atoms. The maximum atomic E-state index is 11.2. The maximum absolute atomic E-state index is 11.2. The van der Waals surface area contributed by atoms with Crippen LogP contribution in [0.1, 0.15) is 51.9 Å². The summed E-state index contributed by atoms with van der Waals surface area (Å²) < 4.78 is 0. The fourth-order valence-corrected chi connectivity index (χ4v) is 1.82. The fourth-order valence-electron chi connectivity index (χ4n) is 1.82. The van der Waals surface area contributed by atoms with Gasteiger partial charge in [-0.3, -0.25) is 4.79 Å². The molecule has 0 heterocycles. The van der Waals surface area contributed by atoms with E-state index in [0.29, 0.717) is 5.78 Å². The molecule has 0 saturated heterocycles. The number of allylic oxidation sites excluding steroid dienone is 2. The van der Waals surface area contributed by atoms with Crippen molar-refractivity contribution in [3.05, 3.63) is 12.2 Å². The Bertz CT molecular complexity index is 182. The Hall–Kier alpha value is -0.590. The van der Waals surface area contributed by atoms with Gasteiger partial charge in [-0.15, -0.1) is 0 Å². The standard InChI is InChI=1S/C12H20O/c1-2-3-4-5-6-8-11-9-7-10-12(11)13/h6,8,11H,2-5,7,9-10H2,1H3/b8-6+. The molecular weight excluding hydrogens is 160 g/mol. The van der Waals surface area contributed by atoms with Crippen LogP contribution in [0, 0.1) is 5.92 Å². The molecule has 0 aromatic rings. The number of carbonyl (C=O) groups excluding carboxylic acids is 1. The summed E-state index contributed by atoms with van der Waals surface area (Å²) in [5.74, 6) is 0.716. The lowest BCUT2D eigenvalue weighted by Gasteiger charge is -1.98. The Morgan fingerprint density at radius 2 is 2.31 bits per heavy atom. The number of ketones is 1. The van der Waals surface area contributed by atoms with E-state index < -0.39 is 0 Å². The molecule has 0 amide bonds. The molecule has 0 spiro atoms. The van der Waals surface area contributed by atoms with Crippen molar-refractivity contribution in [1.82, 2.24) is 0 Å². The molecule has 0 N–H and O–H groups in total. The van der Waals surface area contributed by atoms with Crippen LogP contribution in [0.4, 0.5) is 0 Å². The van der Waals surface area contributed by atoms with Gasteiger partial charge >= 0.3 is 0 Å². The van der Waals surface area contributed by atoms with Gasteiger partial charge in [0.25, 0.3) is 0 Å². The van der Waals surface area contributed by atoms with E-state index in [2.05, 4.69) is 19.1 Å². The number of unbranched alkanes of at least 4 members (excludes halogenated alkanes) is 3. The van der Waals surface area contributed by atoms with Crippen LogP contribution in [0.25, 0.3) is 0 Å². The van der Waals surface area contributed by atoms with Crippen LogP contribution >= 0.6 is 0 Å². The summed E-state index contributed by atoms with van der Waals surface area (Å²) in [5, 5.41) is 0. The highest BCUT2D eigenvalue weighted by molar-refractivity contribution is 5.84. The average Bonchev–Trinajstić information content (AvgIpc) is 2.52. The first-order chi connectivity index (χ1) is 6.34. The van der Waals surface area contributed by atoms with Crippen LogP contribution < -0.4 is 0 Å². The minimum atomic E-state index is 0.265. The smallest absolute Gasteiger partial charge is 0.139 e. The van der Waals surface area contributed by atoms with Crippen molar-refractivity contribution < 1.29 is 4.79 Å². The normalized spacial score (nSPS) is 23.2. The second-order valence-electron chi connectivity index (χ2n) is 3.89. The summed E-state index contributed by atoms with van der Waals surface area (Å²) in [6.45, 7) is 2.21. The third-order valence-electron chi connectivity index (χ3n) is 2.69. The molecule has 1 fully saturated rings. The van der Waals surface area contributed by atoms with E-state index in [4.69, 9.17) is 0 Å². The lowest BCUT2D eigenvalue weighted by molar-refractivity contribution is -0.119. The summed E-state index contributed by atoms with van der Waals surface area (Å²) in [4.78, 5) is 11.2. The van der Waals surface area contributed by atoms with Crippen LogP contribution in [0.2, 0.25) is 0 Å². The summed E-state index contributed by atoms with van der Waals surface area (Å²) in [7, 11) is 0. The molecule has 1 aliphatic carbocycles. The first-order valence-corrected chi connectivity index (χ1v) is 5.54.